The summed E-state index contributed by atoms with van der Waals surface area (Å²) in [5.74, 6) is -0.538. The van der Waals surface area contributed by atoms with E-state index >= 15 is 0 Å². The first-order valence-electron chi connectivity index (χ1n) is 8.15. The molecule has 1 atom stereocenters. The van der Waals surface area contributed by atoms with Crippen LogP contribution in [-0.4, -0.2) is 53.8 Å². The molecular formula is C18H25NO5. The van der Waals surface area contributed by atoms with E-state index in [2.05, 4.69) is 6.92 Å². The van der Waals surface area contributed by atoms with Gasteiger partial charge < -0.3 is 19.5 Å². The molecule has 0 saturated carbocycles. The van der Waals surface area contributed by atoms with Crippen LogP contribution in [0.25, 0.3) is 0 Å². The van der Waals surface area contributed by atoms with Crippen molar-refractivity contribution in [2.24, 2.45) is 0 Å². The molecule has 0 aromatic heterocycles. The van der Waals surface area contributed by atoms with Crippen LogP contribution >= 0.6 is 0 Å². The minimum absolute atomic E-state index is 0.0334. The number of benzene rings is 1. The zero-order valence-corrected chi connectivity index (χ0v) is 14.7. The fourth-order valence-electron chi connectivity index (χ4n) is 2.94. The molecular weight excluding hydrogens is 310 g/mol. The summed E-state index contributed by atoms with van der Waals surface area (Å²) in [6.07, 6.45) is 0.844. The number of carboxylic acids is 1. The van der Waals surface area contributed by atoms with Crippen molar-refractivity contribution >= 4 is 11.9 Å². The number of ether oxygens (including phenoxy) is 2. The molecule has 6 heteroatoms. The summed E-state index contributed by atoms with van der Waals surface area (Å²) in [5.41, 5.74) is 1.80. The van der Waals surface area contributed by atoms with Gasteiger partial charge in [0, 0.05) is 18.7 Å². The van der Waals surface area contributed by atoms with E-state index in [0.29, 0.717) is 31.0 Å². The molecule has 1 unspecified atom stereocenters. The van der Waals surface area contributed by atoms with Crippen LogP contribution in [0.5, 0.6) is 5.75 Å². The smallest absolute Gasteiger partial charge is 0.341 e. The van der Waals surface area contributed by atoms with Gasteiger partial charge in [-0.1, -0.05) is 6.92 Å². The molecule has 2 rings (SSSR count). The van der Waals surface area contributed by atoms with E-state index in [1.54, 1.807) is 12.1 Å². The van der Waals surface area contributed by atoms with Crippen LogP contribution in [0, 0.1) is 13.8 Å². The van der Waals surface area contributed by atoms with Crippen LogP contribution in [0.3, 0.4) is 0 Å². The lowest BCUT2D eigenvalue weighted by Crippen LogP contribution is -2.51. The third-order valence-electron chi connectivity index (χ3n) is 4.42. The summed E-state index contributed by atoms with van der Waals surface area (Å²) < 4.78 is 11.1. The Morgan fingerprint density at radius 2 is 1.96 bits per heavy atom. The van der Waals surface area contributed by atoms with Gasteiger partial charge in [-0.25, -0.2) is 4.79 Å². The highest BCUT2D eigenvalue weighted by Gasteiger charge is 2.33. The molecule has 1 heterocycles. The maximum Gasteiger partial charge on any atom is 0.341 e. The lowest BCUT2D eigenvalue weighted by Gasteiger charge is -2.40. The van der Waals surface area contributed by atoms with Crippen molar-refractivity contribution in [3.63, 3.8) is 0 Å². The number of carbonyl (C=O) groups is 2. The van der Waals surface area contributed by atoms with E-state index in [4.69, 9.17) is 14.6 Å². The van der Waals surface area contributed by atoms with Gasteiger partial charge in [0.2, 0.25) is 0 Å². The van der Waals surface area contributed by atoms with Gasteiger partial charge in [0.25, 0.3) is 5.91 Å². The Morgan fingerprint density at radius 3 is 2.50 bits per heavy atom. The molecule has 132 valence electrons. The maximum atomic E-state index is 12.8. The molecule has 0 aliphatic carbocycles. The number of rotatable bonds is 5. The molecule has 0 bridgehead atoms. The average molecular weight is 335 g/mol. The van der Waals surface area contributed by atoms with Crippen molar-refractivity contribution in [3.8, 4) is 5.75 Å². The lowest BCUT2D eigenvalue weighted by molar-refractivity contribution is -0.139. The Balaban J connectivity index is 2.19. The van der Waals surface area contributed by atoms with Crippen LogP contribution in [0.1, 0.15) is 41.8 Å². The second-order valence-electron chi connectivity index (χ2n) is 6.50. The van der Waals surface area contributed by atoms with Gasteiger partial charge in [-0.2, -0.15) is 0 Å². The molecule has 1 amide bonds. The molecule has 1 saturated heterocycles. The van der Waals surface area contributed by atoms with Crippen molar-refractivity contribution in [1.29, 1.82) is 0 Å². The van der Waals surface area contributed by atoms with E-state index in [0.717, 1.165) is 17.5 Å². The standard InChI is InChI=1S/C18H25NO5/c1-5-18(4)11-19(6-7-24-18)17(22)14-8-12(2)16(13(3)9-14)23-10-15(20)21/h8-9H,5-7,10-11H2,1-4H3,(H,20,21). The minimum Gasteiger partial charge on any atom is -0.481 e. The third kappa shape index (κ3) is 4.06. The quantitative estimate of drug-likeness (QED) is 0.894. The summed E-state index contributed by atoms with van der Waals surface area (Å²) in [6, 6.07) is 3.51. The molecule has 0 spiro atoms. The van der Waals surface area contributed by atoms with Crippen LogP contribution in [0.15, 0.2) is 12.1 Å². The van der Waals surface area contributed by atoms with Crippen LogP contribution in [0.2, 0.25) is 0 Å². The summed E-state index contributed by atoms with van der Waals surface area (Å²) >= 11 is 0. The number of nitrogens with zero attached hydrogens (tertiary/aromatic N) is 1. The number of hydrogen-bond acceptors (Lipinski definition) is 4. The first kappa shape index (κ1) is 18.3. The van der Waals surface area contributed by atoms with Crippen molar-refractivity contribution in [3.05, 3.63) is 28.8 Å². The van der Waals surface area contributed by atoms with Crippen molar-refractivity contribution in [2.75, 3.05) is 26.3 Å². The van der Waals surface area contributed by atoms with Gasteiger partial charge in [-0.05, 0) is 50.5 Å². The van der Waals surface area contributed by atoms with Crippen LogP contribution in [-0.2, 0) is 9.53 Å². The van der Waals surface area contributed by atoms with E-state index in [-0.39, 0.29) is 11.5 Å². The molecule has 24 heavy (non-hydrogen) atoms. The normalized spacial score (nSPS) is 20.8. The van der Waals surface area contributed by atoms with Gasteiger partial charge in [-0.15, -0.1) is 0 Å². The zero-order chi connectivity index (χ0) is 17.9. The number of carbonyl (C=O) groups excluding carboxylic acids is 1. The monoisotopic (exact) mass is 335 g/mol. The Hall–Kier alpha value is -2.08. The topological polar surface area (TPSA) is 76.1 Å². The van der Waals surface area contributed by atoms with E-state index in [9.17, 15) is 9.59 Å². The van der Waals surface area contributed by atoms with E-state index in [1.165, 1.54) is 0 Å². The Morgan fingerprint density at radius 1 is 1.33 bits per heavy atom. The van der Waals surface area contributed by atoms with E-state index in [1.807, 2.05) is 25.7 Å². The summed E-state index contributed by atoms with van der Waals surface area (Å²) in [6.45, 7) is 8.98. The zero-order valence-electron chi connectivity index (χ0n) is 14.7. The summed E-state index contributed by atoms with van der Waals surface area (Å²) in [5, 5.41) is 8.74. The molecule has 1 aromatic rings. The second kappa shape index (κ2) is 7.21. The van der Waals surface area contributed by atoms with Gasteiger partial charge in [0.1, 0.15) is 5.75 Å². The predicted molar refractivity (Wildman–Crippen MR) is 89.6 cm³/mol. The highest BCUT2D eigenvalue weighted by Crippen LogP contribution is 2.27. The van der Waals surface area contributed by atoms with Gasteiger partial charge in [0.05, 0.1) is 12.2 Å². The fraction of sp³-hybridized carbons (Fsp3) is 0.556. The van der Waals surface area contributed by atoms with Crippen molar-refractivity contribution < 1.29 is 24.2 Å². The van der Waals surface area contributed by atoms with Gasteiger partial charge >= 0.3 is 5.97 Å². The van der Waals surface area contributed by atoms with Crippen molar-refractivity contribution in [1.82, 2.24) is 4.90 Å². The Labute approximate surface area is 142 Å². The number of hydrogen-bond donors (Lipinski definition) is 1. The maximum absolute atomic E-state index is 12.8. The molecule has 1 aliphatic rings. The highest BCUT2D eigenvalue weighted by molar-refractivity contribution is 5.95. The largest absolute Gasteiger partial charge is 0.481 e. The first-order chi connectivity index (χ1) is 11.3. The highest BCUT2D eigenvalue weighted by atomic mass is 16.5. The van der Waals surface area contributed by atoms with Crippen LogP contribution in [0.4, 0.5) is 0 Å². The molecule has 6 nitrogen and oxygen atoms in total. The van der Waals surface area contributed by atoms with Gasteiger partial charge in [0.15, 0.2) is 6.61 Å². The van der Waals surface area contributed by atoms with Gasteiger partial charge in [-0.3, -0.25) is 4.79 Å². The number of aliphatic carboxylic acids is 1. The molecule has 1 aliphatic heterocycles. The molecule has 1 N–H and O–H groups in total. The Kier molecular flexibility index (Phi) is 5.49. The second-order valence-corrected chi connectivity index (χ2v) is 6.50. The lowest BCUT2D eigenvalue weighted by atomic mass is 9.99. The summed E-state index contributed by atoms with van der Waals surface area (Å²) in [7, 11) is 0. The minimum atomic E-state index is -1.03. The summed E-state index contributed by atoms with van der Waals surface area (Å²) in [4.78, 5) is 25.3. The predicted octanol–water partition coefficient (Wildman–Crippen LogP) is 2.41. The molecule has 1 fully saturated rings. The SMILES string of the molecule is CCC1(C)CN(C(=O)c2cc(C)c(OCC(=O)O)c(C)c2)CCO1. The molecule has 0 radical (unpaired) electrons. The first-order valence-corrected chi connectivity index (χ1v) is 8.15. The fourth-order valence-corrected chi connectivity index (χ4v) is 2.94. The average Bonchev–Trinajstić information content (AvgIpc) is 2.53. The Bertz CT molecular complexity index is 619. The number of aryl methyl sites for hydroxylation is 2. The third-order valence-corrected chi connectivity index (χ3v) is 4.42. The molecule has 1 aromatic carbocycles. The van der Waals surface area contributed by atoms with Crippen molar-refractivity contribution in [2.45, 2.75) is 39.7 Å². The number of morpholine rings is 1. The van der Waals surface area contributed by atoms with Crippen LogP contribution < -0.4 is 4.74 Å². The number of carboxylic acid groups (broad SMARTS) is 1. The van der Waals surface area contributed by atoms with E-state index < -0.39 is 12.6 Å². The number of amides is 1.